The summed E-state index contributed by atoms with van der Waals surface area (Å²) in [5.41, 5.74) is 3.83. The van der Waals surface area contributed by atoms with E-state index in [0.717, 1.165) is 18.9 Å². The predicted octanol–water partition coefficient (Wildman–Crippen LogP) is 3.72. The Kier molecular flexibility index (Phi) is 4.18. The summed E-state index contributed by atoms with van der Waals surface area (Å²) in [6.07, 6.45) is 3.91. The first-order valence-corrected chi connectivity index (χ1v) is 7.93. The largest absolute Gasteiger partial charge is 0.327 e. The minimum atomic E-state index is 0.855. The molecule has 2 heterocycles. The van der Waals surface area contributed by atoms with Gasteiger partial charge in [0.05, 0.1) is 0 Å². The average Bonchev–Trinajstić information content (AvgIpc) is 3.11. The van der Waals surface area contributed by atoms with E-state index in [1.165, 1.54) is 16.7 Å². The van der Waals surface area contributed by atoms with Crippen LogP contribution in [-0.2, 0) is 13.1 Å². The number of nitrogens with zero attached hydrogens (tertiary/aromatic N) is 3. The van der Waals surface area contributed by atoms with E-state index in [2.05, 4.69) is 69.6 Å². The second-order valence-corrected chi connectivity index (χ2v) is 6.23. The Balaban J connectivity index is 1.77. The lowest BCUT2D eigenvalue weighted by Crippen LogP contribution is -2.10. The smallest absolute Gasteiger partial charge is 0.141 e. The third-order valence-electron chi connectivity index (χ3n) is 3.37. The molecule has 0 N–H and O–H groups in total. The van der Waals surface area contributed by atoms with Crippen LogP contribution < -0.4 is 0 Å². The fourth-order valence-corrected chi connectivity index (χ4v) is 3.04. The van der Waals surface area contributed by atoms with Crippen molar-refractivity contribution in [3.63, 3.8) is 0 Å². The highest BCUT2D eigenvalue weighted by atomic mass is 32.1. The van der Waals surface area contributed by atoms with Crippen molar-refractivity contribution in [2.24, 2.45) is 0 Å². The molecular weight excluding hydrogens is 278 g/mol. The lowest BCUT2D eigenvalue weighted by atomic mass is 10.1. The summed E-state index contributed by atoms with van der Waals surface area (Å²) in [5.74, 6) is 1.04. The van der Waals surface area contributed by atoms with Gasteiger partial charge in [-0.2, -0.15) is 11.3 Å². The van der Waals surface area contributed by atoms with Gasteiger partial charge in [-0.25, -0.2) is 4.98 Å². The highest BCUT2D eigenvalue weighted by molar-refractivity contribution is 7.08. The molecule has 0 spiro atoms. The second-order valence-electron chi connectivity index (χ2n) is 5.45. The third-order valence-corrected chi connectivity index (χ3v) is 4.05. The molecule has 108 valence electrons. The van der Waals surface area contributed by atoms with E-state index in [-0.39, 0.29) is 0 Å². The molecule has 0 aliphatic rings. The summed E-state index contributed by atoms with van der Waals surface area (Å²) in [6.45, 7) is 1.83. The first kappa shape index (κ1) is 14.0. The number of hydrogen-bond acceptors (Lipinski definition) is 3. The molecule has 0 amide bonds. The summed E-state index contributed by atoms with van der Waals surface area (Å²) < 4.78 is 2.20. The molecule has 0 aliphatic heterocycles. The quantitative estimate of drug-likeness (QED) is 0.715. The van der Waals surface area contributed by atoms with Gasteiger partial charge in [0, 0.05) is 36.4 Å². The van der Waals surface area contributed by atoms with E-state index in [4.69, 9.17) is 0 Å². The number of rotatable bonds is 5. The van der Waals surface area contributed by atoms with Crippen LogP contribution in [0.15, 0.2) is 53.5 Å². The first-order valence-electron chi connectivity index (χ1n) is 6.98. The molecule has 0 aliphatic carbocycles. The molecule has 21 heavy (non-hydrogen) atoms. The fourth-order valence-electron chi connectivity index (χ4n) is 2.40. The Morgan fingerprint density at radius 1 is 1.10 bits per heavy atom. The summed E-state index contributed by atoms with van der Waals surface area (Å²) >= 11 is 1.70. The molecule has 2 aromatic heterocycles. The van der Waals surface area contributed by atoms with E-state index in [1.54, 1.807) is 11.3 Å². The van der Waals surface area contributed by atoms with Crippen LogP contribution in [0.5, 0.6) is 0 Å². The topological polar surface area (TPSA) is 21.1 Å². The van der Waals surface area contributed by atoms with Crippen LogP contribution in [0, 0.1) is 0 Å². The first-order chi connectivity index (χ1) is 10.2. The Morgan fingerprint density at radius 3 is 2.52 bits per heavy atom. The zero-order valence-corrected chi connectivity index (χ0v) is 13.2. The molecule has 0 bridgehead atoms. The van der Waals surface area contributed by atoms with Crippen LogP contribution in [0.25, 0.3) is 11.4 Å². The van der Waals surface area contributed by atoms with Crippen LogP contribution in [0.1, 0.15) is 11.1 Å². The molecule has 3 aromatic rings. The van der Waals surface area contributed by atoms with Crippen LogP contribution in [0.2, 0.25) is 0 Å². The predicted molar refractivity (Wildman–Crippen MR) is 88.5 cm³/mol. The average molecular weight is 297 g/mol. The van der Waals surface area contributed by atoms with Crippen LogP contribution in [-0.4, -0.2) is 28.5 Å². The number of imidazole rings is 1. The highest BCUT2D eigenvalue weighted by Crippen LogP contribution is 2.21. The van der Waals surface area contributed by atoms with Crippen molar-refractivity contribution < 1.29 is 0 Å². The van der Waals surface area contributed by atoms with Gasteiger partial charge in [0.1, 0.15) is 5.82 Å². The maximum absolute atomic E-state index is 4.47. The third kappa shape index (κ3) is 3.40. The molecule has 0 saturated carbocycles. The van der Waals surface area contributed by atoms with Crippen LogP contribution in [0.4, 0.5) is 0 Å². The fraction of sp³-hybridized carbons (Fsp3) is 0.235. The normalized spacial score (nSPS) is 11.2. The van der Waals surface area contributed by atoms with Gasteiger partial charge >= 0.3 is 0 Å². The van der Waals surface area contributed by atoms with Crippen molar-refractivity contribution in [3.05, 3.63) is 64.6 Å². The minimum absolute atomic E-state index is 0.855. The van der Waals surface area contributed by atoms with E-state index in [0.29, 0.717) is 0 Å². The molecular formula is C17H19N3S. The zero-order chi connectivity index (χ0) is 14.7. The highest BCUT2D eigenvalue weighted by Gasteiger charge is 2.06. The maximum Gasteiger partial charge on any atom is 0.141 e. The molecule has 0 saturated heterocycles. The molecule has 0 radical (unpaired) electrons. The van der Waals surface area contributed by atoms with E-state index in [9.17, 15) is 0 Å². The summed E-state index contributed by atoms with van der Waals surface area (Å²) in [5, 5.41) is 4.23. The van der Waals surface area contributed by atoms with E-state index < -0.39 is 0 Å². The molecule has 0 fully saturated rings. The standard InChI is InChI=1S/C17H19N3S/c1-19(2)11-14-3-5-15(6-4-14)12-20-9-8-18-17(20)16-7-10-21-13-16/h3-10,13H,11-12H2,1-2H3. The molecule has 4 heteroatoms. The Hall–Kier alpha value is -1.91. The van der Waals surface area contributed by atoms with Crippen molar-refractivity contribution in [1.29, 1.82) is 0 Å². The summed E-state index contributed by atoms with van der Waals surface area (Å²) in [4.78, 5) is 6.65. The number of hydrogen-bond donors (Lipinski definition) is 0. The van der Waals surface area contributed by atoms with Crippen molar-refractivity contribution in [2.45, 2.75) is 13.1 Å². The Labute approximate surface area is 129 Å². The lowest BCUT2D eigenvalue weighted by Gasteiger charge is -2.11. The van der Waals surface area contributed by atoms with Crippen molar-refractivity contribution in [2.75, 3.05) is 14.1 Å². The van der Waals surface area contributed by atoms with Crippen molar-refractivity contribution in [3.8, 4) is 11.4 Å². The van der Waals surface area contributed by atoms with E-state index >= 15 is 0 Å². The van der Waals surface area contributed by atoms with Gasteiger partial charge < -0.3 is 9.47 Å². The maximum atomic E-state index is 4.47. The SMILES string of the molecule is CN(C)Cc1ccc(Cn2ccnc2-c2ccsc2)cc1. The van der Waals surface area contributed by atoms with Gasteiger partial charge in [0.15, 0.2) is 0 Å². The van der Waals surface area contributed by atoms with Gasteiger partial charge in [0.25, 0.3) is 0 Å². The number of thiophene rings is 1. The Morgan fingerprint density at radius 2 is 1.86 bits per heavy atom. The van der Waals surface area contributed by atoms with Gasteiger partial charge in [-0.15, -0.1) is 0 Å². The van der Waals surface area contributed by atoms with Crippen molar-refractivity contribution in [1.82, 2.24) is 14.5 Å². The van der Waals surface area contributed by atoms with E-state index in [1.807, 2.05) is 12.4 Å². The molecule has 1 aromatic carbocycles. The molecule has 3 rings (SSSR count). The van der Waals surface area contributed by atoms with Gasteiger partial charge in [-0.05, 0) is 36.7 Å². The van der Waals surface area contributed by atoms with Crippen LogP contribution in [0.3, 0.4) is 0 Å². The number of benzene rings is 1. The molecule has 0 atom stereocenters. The molecule has 0 unspecified atom stereocenters. The minimum Gasteiger partial charge on any atom is -0.327 e. The summed E-state index contributed by atoms with van der Waals surface area (Å²) in [7, 11) is 4.18. The lowest BCUT2D eigenvalue weighted by molar-refractivity contribution is 0.402. The number of aromatic nitrogens is 2. The van der Waals surface area contributed by atoms with Crippen LogP contribution >= 0.6 is 11.3 Å². The van der Waals surface area contributed by atoms with Gasteiger partial charge in [-0.3, -0.25) is 0 Å². The van der Waals surface area contributed by atoms with Crippen molar-refractivity contribution >= 4 is 11.3 Å². The monoisotopic (exact) mass is 297 g/mol. The zero-order valence-electron chi connectivity index (χ0n) is 12.4. The van der Waals surface area contributed by atoms with Gasteiger partial charge in [0.2, 0.25) is 0 Å². The molecule has 3 nitrogen and oxygen atoms in total. The summed E-state index contributed by atoms with van der Waals surface area (Å²) in [6, 6.07) is 10.9. The Bertz CT molecular complexity index is 681. The second kappa shape index (κ2) is 6.24. The van der Waals surface area contributed by atoms with Gasteiger partial charge in [-0.1, -0.05) is 24.3 Å².